The Kier molecular flexibility index (Phi) is 3.31. The van der Waals surface area contributed by atoms with E-state index in [9.17, 15) is 13.2 Å². The molecule has 1 aliphatic rings. The number of hydrogen-bond acceptors (Lipinski definition) is 3. The van der Waals surface area contributed by atoms with Crippen molar-refractivity contribution in [1.82, 2.24) is 9.97 Å². The molecule has 0 radical (unpaired) electrons. The first-order chi connectivity index (χ1) is 8.35. The van der Waals surface area contributed by atoms with Gasteiger partial charge in [0.2, 0.25) is 5.82 Å². The van der Waals surface area contributed by atoms with Crippen molar-refractivity contribution < 1.29 is 13.2 Å². The summed E-state index contributed by atoms with van der Waals surface area (Å²) in [4.78, 5) is 6.80. The molecule has 1 unspecified atom stereocenters. The molecule has 0 aromatic carbocycles. The zero-order valence-electron chi connectivity index (χ0n) is 10.2. The highest BCUT2D eigenvalue weighted by molar-refractivity contribution is 5.20. The molecule has 1 aliphatic carbocycles. The lowest BCUT2D eigenvalue weighted by Crippen LogP contribution is -2.33. The van der Waals surface area contributed by atoms with E-state index >= 15 is 0 Å². The zero-order valence-corrected chi connectivity index (χ0v) is 10.2. The Bertz CT molecular complexity index is 412. The maximum Gasteiger partial charge on any atom is 0.451 e. The van der Waals surface area contributed by atoms with Crippen LogP contribution in [0.2, 0.25) is 0 Å². The molecule has 1 heterocycles. The summed E-state index contributed by atoms with van der Waals surface area (Å²) in [6, 6.07) is 0. The van der Waals surface area contributed by atoms with Gasteiger partial charge < -0.3 is 5.73 Å². The number of rotatable bonds is 4. The number of nitrogens with two attached hydrogens (primary N) is 1. The highest BCUT2D eigenvalue weighted by Crippen LogP contribution is 2.41. The van der Waals surface area contributed by atoms with E-state index in [0.717, 1.165) is 6.42 Å². The Morgan fingerprint density at radius 3 is 2.22 bits per heavy atom. The van der Waals surface area contributed by atoms with Gasteiger partial charge in [-0.1, -0.05) is 19.8 Å². The van der Waals surface area contributed by atoms with Gasteiger partial charge in [0.1, 0.15) is 0 Å². The van der Waals surface area contributed by atoms with Crippen molar-refractivity contribution in [2.24, 2.45) is 11.7 Å². The first-order valence-corrected chi connectivity index (χ1v) is 5.95. The molecule has 2 N–H and O–H groups in total. The maximum absolute atomic E-state index is 12.4. The van der Waals surface area contributed by atoms with Gasteiger partial charge in [-0.15, -0.1) is 0 Å². The molecule has 3 nitrogen and oxygen atoms in total. The Morgan fingerprint density at radius 1 is 1.28 bits per heavy atom. The van der Waals surface area contributed by atoms with E-state index in [4.69, 9.17) is 5.73 Å². The van der Waals surface area contributed by atoms with E-state index in [2.05, 4.69) is 9.97 Å². The van der Waals surface area contributed by atoms with Crippen LogP contribution in [-0.2, 0) is 11.6 Å². The molecule has 100 valence electrons. The SMILES string of the molecule is CC(CN)(CC1CC1)c1cnc(C(F)(F)F)nc1. The van der Waals surface area contributed by atoms with Crippen molar-refractivity contribution >= 4 is 0 Å². The third kappa shape index (κ3) is 2.80. The second-order valence-corrected chi connectivity index (χ2v) is 5.21. The average Bonchev–Trinajstić information content (AvgIpc) is 3.12. The Morgan fingerprint density at radius 2 is 1.83 bits per heavy atom. The fraction of sp³-hybridized carbons (Fsp3) is 0.667. The third-order valence-corrected chi connectivity index (χ3v) is 3.49. The van der Waals surface area contributed by atoms with Gasteiger partial charge in [0.25, 0.3) is 0 Å². The van der Waals surface area contributed by atoms with Crippen LogP contribution in [0.4, 0.5) is 13.2 Å². The molecule has 0 saturated heterocycles. The predicted molar refractivity (Wildman–Crippen MR) is 60.8 cm³/mol. The summed E-state index contributed by atoms with van der Waals surface area (Å²) in [5.74, 6) is -0.460. The first kappa shape index (κ1) is 13.3. The standard InChI is InChI=1S/C12H16F3N3/c1-11(7-16,4-8-2-3-8)9-5-17-10(18-6-9)12(13,14)15/h5-6,8H,2-4,7,16H2,1H3. The highest BCUT2D eigenvalue weighted by atomic mass is 19.4. The van der Waals surface area contributed by atoms with E-state index in [0.29, 0.717) is 18.0 Å². The van der Waals surface area contributed by atoms with E-state index in [1.165, 1.54) is 25.2 Å². The summed E-state index contributed by atoms with van der Waals surface area (Å²) >= 11 is 0. The summed E-state index contributed by atoms with van der Waals surface area (Å²) in [6.07, 6.45) is 1.26. The molecule has 0 spiro atoms. The Balaban J connectivity index is 2.21. The molecule has 2 rings (SSSR count). The van der Waals surface area contributed by atoms with Gasteiger partial charge in [0.15, 0.2) is 0 Å². The van der Waals surface area contributed by atoms with Crippen LogP contribution >= 0.6 is 0 Å². The Labute approximate surface area is 104 Å². The second kappa shape index (κ2) is 4.50. The Hall–Kier alpha value is -1.17. The second-order valence-electron chi connectivity index (χ2n) is 5.21. The van der Waals surface area contributed by atoms with E-state index in [1.807, 2.05) is 6.92 Å². The zero-order chi connectivity index (χ0) is 13.4. The molecule has 6 heteroatoms. The molecule has 0 amide bonds. The summed E-state index contributed by atoms with van der Waals surface area (Å²) in [6.45, 7) is 2.34. The summed E-state index contributed by atoms with van der Waals surface area (Å²) in [5.41, 5.74) is 6.12. The van der Waals surface area contributed by atoms with Crippen molar-refractivity contribution in [1.29, 1.82) is 0 Å². The fourth-order valence-corrected chi connectivity index (χ4v) is 2.06. The van der Waals surface area contributed by atoms with E-state index < -0.39 is 12.0 Å². The molecule has 1 aromatic heterocycles. The smallest absolute Gasteiger partial charge is 0.330 e. The fourth-order valence-electron chi connectivity index (χ4n) is 2.06. The van der Waals surface area contributed by atoms with Crippen LogP contribution in [-0.4, -0.2) is 16.5 Å². The molecular weight excluding hydrogens is 243 g/mol. The summed E-state index contributed by atoms with van der Waals surface area (Å²) < 4.78 is 37.1. The lowest BCUT2D eigenvalue weighted by Gasteiger charge is -2.28. The van der Waals surface area contributed by atoms with Crippen molar-refractivity contribution in [2.75, 3.05) is 6.54 Å². The van der Waals surface area contributed by atoms with Gasteiger partial charge in [0, 0.05) is 24.4 Å². The topological polar surface area (TPSA) is 51.8 Å². The molecule has 0 aliphatic heterocycles. The molecule has 1 aromatic rings. The van der Waals surface area contributed by atoms with Crippen molar-refractivity contribution in [3.63, 3.8) is 0 Å². The highest BCUT2D eigenvalue weighted by Gasteiger charge is 2.37. The lowest BCUT2D eigenvalue weighted by molar-refractivity contribution is -0.145. The van der Waals surface area contributed by atoms with Gasteiger partial charge in [-0.05, 0) is 17.9 Å². The lowest BCUT2D eigenvalue weighted by atomic mass is 9.79. The van der Waals surface area contributed by atoms with Crippen LogP contribution in [0.5, 0.6) is 0 Å². The monoisotopic (exact) mass is 259 g/mol. The van der Waals surface area contributed by atoms with Crippen LogP contribution in [0.3, 0.4) is 0 Å². The molecular formula is C12H16F3N3. The molecule has 1 atom stereocenters. The molecule has 0 bridgehead atoms. The van der Waals surface area contributed by atoms with E-state index in [1.54, 1.807) is 0 Å². The molecule has 1 saturated carbocycles. The normalized spacial score (nSPS) is 19.6. The number of alkyl halides is 3. The minimum absolute atomic E-state index is 0.328. The first-order valence-electron chi connectivity index (χ1n) is 5.95. The number of aromatic nitrogens is 2. The van der Waals surface area contributed by atoms with Crippen molar-refractivity contribution in [3.8, 4) is 0 Å². The molecule has 18 heavy (non-hydrogen) atoms. The van der Waals surface area contributed by atoms with Crippen LogP contribution in [0.1, 0.15) is 37.6 Å². The van der Waals surface area contributed by atoms with E-state index in [-0.39, 0.29) is 5.41 Å². The summed E-state index contributed by atoms with van der Waals surface area (Å²) in [7, 11) is 0. The van der Waals surface area contributed by atoms with Gasteiger partial charge in [-0.3, -0.25) is 0 Å². The van der Waals surface area contributed by atoms with Gasteiger partial charge in [-0.2, -0.15) is 13.2 Å². The van der Waals surface area contributed by atoms with Crippen LogP contribution in [0, 0.1) is 5.92 Å². The van der Waals surface area contributed by atoms with Gasteiger partial charge in [-0.25, -0.2) is 9.97 Å². The quantitative estimate of drug-likeness (QED) is 0.903. The van der Waals surface area contributed by atoms with Crippen molar-refractivity contribution in [2.45, 2.75) is 37.8 Å². The van der Waals surface area contributed by atoms with Crippen molar-refractivity contribution in [3.05, 3.63) is 23.8 Å². The molecule has 1 fully saturated rings. The summed E-state index contributed by atoms with van der Waals surface area (Å²) in [5, 5.41) is 0. The maximum atomic E-state index is 12.4. The predicted octanol–water partition coefficient (Wildman–Crippen LogP) is 2.51. The van der Waals surface area contributed by atoms with Crippen LogP contribution < -0.4 is 5.73 Å². The number of nitrogens with zero attached hydrogens (tertiary/aromatic N) is 2. The number of hydrogen-bond donors (Lipinski definition) is 1. The van der Waals surface area contributed by atoms with Crippen LogP contribution in [0.25, 0.3) is 0 Å². The van der Waals surface area contributed by atoms with Gasteiger partial charge in [0.05, 0.1) is 0 Å². The third-order valence-electron chi connectivity index (χ3n) is 3.49. The minimum Gasteiger partial charge on any atom is -0.330 e. The minimum atomic E-state index is -4.49. The van der Waals surface area contributed by atoms with Crippen LogP contribution in [0.15, 0.2) is 12.4 Å². The largest absolute Gasteiger partial charge is 0.451 e. The average molecular weight is 259 g/mol. The van der Waals surface area contributed by atoms with Gasteiger partial charge >= 0.3 is 6.18 Å². The number of halogens is 3.